The lowest BCUT2D eigenvalue weighted by Gasteiger charge is -2.25. The van der Waals surface area contributed by atoms with Gasteiger partial charge in [-0.3, -0.25) is 4.79 Å². The van der Waals surface area contributed by atoms with Crippen LogP contribution in [0.3, 0.4) is 0 Å². The van der Waals surface area contributed by atoms with Crippen molar-refractivity contribution in [1.29, 1.82) is 0 Å². The largest absolute Gasteiger partial charge is 0.480 e. The second-order valence-electron chi connectivity index (χ2n) is 4.13. The number of hydrogen-bond acceptors (Lipinski definition) is 3. The van der Waals surface area contributed by atoms with Gasteiger partial charge in [0.05, 0.1) is 5.54 Å². The van der Waals surface area contributed by atoms with E-state index in [1.54, 1.807) is 6.92 Å². The molecule has 5 heteroatoms. The fourth-order valence-electron chi connectivity index (χ4n) is 1.72. The third-order valence-electron chi connectivity index (χ3n) is 2.80. The zero-order chi connectivity index (χ0) is 12.2. The Bertz CT molecular complexity index is 327. The summed E-state index contributed by atoms with van der Waals surface area (Å²) in [5.41, 5.74) is -0.664. The lowest BCUT2D eigenvalue weighted by atomic mass is 9.98. The Labute approximate surface area is 94.6 Å². The van der Waals surface area contributed by atoms with Crippen molar-refractivity contribution in [3.63, 3.8) is 0 Å². The quantitative estimate of drug-likeness (QED) is 0.574. The predicted octanol–water partition coefficient (Wildman–Crippen LogP) is -0.279. The van der Waals surface area contributed by atoms with E-state index in [2.05, 4.69) is 16.6 Å². The minimum Gasteiger partial charge on any atom is -0.480 e. The summed E-state index contributed by atoms with van der Waals surface area (Å²) in [4.78, 5) is 22.7. The minimum absolute atomic E-state index is 0.00282. The first-order valence-electron chi connectivity index (χ1n) is 5.22. The van der Waals surface area contributed by atoms with Crippen LogP contribution in [-0.2, 0) is 9.59 Å². The van der Waals surface area contributed by atoms with Crippen molar-refractivity contribution in [2.24, 2.45) is 0 Å². The van der Waals surface area contributed by atoms with Crippen molar-refractivity contribution >= 4 is 11.9 Å². The van der Waals surface area contributed by atoms with Gasteiger partial charge in [-0.25, -0.2) is 4.79 Å². The number of amides is 1. The Morgan fingerprint density at radius 3 is 2.81 bits per heavy atom. The topological polar surface area (TPSA) is 78.4 Å². The normalized spacial score (nSPS) is 25.8. The maximum absolute atomic E-state index is 11.9. The van der Waals surface area contributed by atoms with Gasteiger partial charge in [-0.1, -0.05) is 0 Å². The molecule has 88 valence electrons. The predicted molar refractivity (Wildman–Crippen MR) is 58.7 cm³/mol. The van der Waals surface area contributed by atoms with Crippen molar-refractivity contribution < 1.29 is 14.7 Å². The Balaban J connectivity index is 2.61. The number of hydrogen-bond donors (Lipinski definition) is 3. The molecule has 1 heterocycles. The molecule has 1 aliphatic heterocycles. The van der Waals surface area contributed by atoms with Crippen LogP contribution in [0.1, 0.15) is 26.2 Å². The van der Waals surface area contributed by atoms with Gasteiger partial charge in [0.15, 0.2) is 0 Å². The summed E-state index contributed by atoms with van der Waals surface area (Å²) in [7, 11) is 0. The van der Waals surface area contributed by atoms with Crippen LogP contribution in [0, 0.1) is 12.3 Å². The Kier molecular flexibility index (Phi) is 3.91. The van der Waals surface area contributed by atoms with Crippen LogP contribution in [0.2, 0.25) is 0 Å². The molecule has 2 atom stereocenters. The lowest BCUT2D eigenvalue weighted by Crippen LogP contribution is -2.55. The molecular weight excluding hydrogens is 208 g/mol. The van der Waals surface area contributed by atoms with E-state index in [9.17, 15) is 9.59 Å². The van der Waals surface area contributed by atoms with Gasteiger partial charge in [0.1, 0.15) is 6.04 Å². The van der Waals surface area contributed by atoms with Crippen molar-refractivity contribution in [3.8, 4) is 12.3 Å². The maximum atomic E-state index is 11.9. The molecule has 0 aliphatic carbocycles. The monoisotopic (exact) mass is 224 g/mol. The molecule has 5 nitrogen and oxygen atoms in total. The van der Waals surface area contributed by atoms with Crippen molar-refractivity contribution in [3.05, 3.63) is 0 Å². The van der Waals surface area contributed by atoms with Gasteiger partial charge in [-0.2, -0.15) is 0 Å². The van der Waals surface area contributed by atoms with Gasteiger partial charge < -0.3 is 15.7 Å². The Morgan fingerprint density at radius 2 is 2.38 bits per heavy atom. The van der Waals surface area contributed by atoms with E-state index in [1.807, 2.05) is 0 Å². The number of carboxylic acids is 1. The van der Waals surface area contributed by atoms with Crippen molar-refractivity contribution in [2.45, 2.75) is 37.8 Å². The van der Waals surface area contributed by atoms with Crippen molar-refractivity contribution in [2.75, 3.05) is 6.54 Å². The first-order valence-corrected chi connectivity index (χ1v) is 5.22. The summed E-state index contributed by atoms with van der Waals surface area (Å²) < 4.78 is 0. The SMILES string of the molecule is C#CCC(NC(=O)C1(C)CCCN1)C(=O)O. The summed E-state index contributed by atoms with van der Waals surface area (Å²) in [6.07, 6.45) is 6.67. The molecule has 0 aromatic rings. The maximum Gasteiger partial charge on any atom is 0.327 e. The fraction of sp³-hybridized carbons (Fsp3) is 0.636. The van der Waals surface area contributed by atoms with Gasteiger partial charge in [0, 0.05) is 6.42 Å². The van der Waals surface area contributed by atoms with Crippen LogP contribution < -0.4 is 10.6 Å². The van der Waals surface area contributed by atoms with Gasteiger partial charge in [-0.05, 0) is 26.3 Å². The summed E-state index contributed by atoms with van der Waals surface area (Å²) in [5.74, 6) is 0.839. The van der Waals surface area contributed by atoms with E-state index in [-0.39, 0.29) is 12.3 Å². The van der Waals surface area contributed by atoms with Crippen LogP contribution in [0.5, 0.6) is 0 Å². The first kappa shape index (κ1) is 12.5. The Hall–Kier alpha value is -1.54. The molecule has 1 fully saturated rings. The zero-order valence-electron chi connectivity index (χ0n) is 9.25. The van der Waals surface area contributed by atoms with Gasteiger partial charge in [-0.15, -0.1) is 12.3 Å². The highest BCUT2D eigenvalue weighted by Gasteiger charge is 2.37. The second kappa shape index (κ2) is 4.99. The molecule has 16 heavy (non-hydrogen) atoms. The third kappa shape index (κ3) is 2.74. The van der Waals surface area contributed by atoms with E-state index < -0.39 is 17.6 Å². The van der Waals surface area contributed by atoms with Crippen LogP contribution in [0.4, 0.5) is 0 Å². The summed E-state index contributed by atoms with van der Waals surface area (Å²) in [5, 5.41) is 14.4. The fourth-order valence-corrected chi connectivity index (χ4v) is 1.72. The molecule has 0 radical (unpaired) electrons. The molecule has 1 aliphatic rings. The molecule has 1 saturated heterocycles. The molecule has 0 saturated carbocycles. The highest BCUT2D eigenvalue weighted by Crippen LogP contribution is 2.18. The highest BCUT2D eigenvalue weighted by atomic mass is 16.4. The van der Waals surface area contributed by atoms with Gasteiger partial charge >= 0.3 is 5.97 Å². The smallest absolute Gasteiger partial charge is 0.327 e. The standard InChI is InChI=1S/C11H16N2O3/c1-3-5-8(9(14)15)13-10(16)11(2)6-4-7-12-11/h1,8,12H,4-7H2,2H3,(H,13,16)(H,14,15). The summed E-state index contributed by atoms with van der Waals surface area (Å²) in [6.45, 7) is 2.54. The van der Waals surface area contributed by atoms with Crippen LogP contribution in [-0.4, -0.2) is 35.1 Å². The van der Waals surface area contributed by atoms with E-state index in [0.717, 1.165) is 13.0 Å². The Morgan fingerprint density at radius 1 is 1.69 bits per heavy atom. The zero-order valence-corrected chi connectivity index (χ0v) is 9.25. The first-order chi connectivity index (χ1) is 7.49. The van der Waals surface area contributed by atoms with Crippen LogP contribution in [0.25, 0.3) is 0 Å². The number of nitrogens with one attached hydrogen (secondary N) is 2. The number of terminal acetylenes is 1. The molecule has 2 unspecified atom stereocenters. The molecule has 0 aromatic heterocycles. The molecular formula is C11H16N2O3. The molecule has 1 rings (SSSR count). The number of carbonyl (C=O) groups excluding carboxylic acids is 1. The summed E-state index contributed by atoms with van der Waals surface area (Å²) in [6, 6.07) is -1.00. The van der Waals surface area contributed by atoms with Gasteiger partial charge in [0.2, 0.25) is 5.91 Å². The van der Waals surface area contributed by atoms with Gasteiger partial charge in [0.25, 0.3) is 0 Å². The molecule has 3 N–H and O–H groups in total. The number of aliphatic carboxylic acids is 1. The van der Waals surface area contributed by atoms with E-state index in [1.165, 1.54) is 0 Å². The van der Waals surface area contributed by atoms with Crippen LogP contribution in [0.15, 0.2) is 0 Å². The number of rotatable bonds is 4. The lowest BCUT2D eigenvalue weighted by molar-refractivity contribution is -0.142. The average Bonchev–Trinajstić information content (AvgIpc) is 2.65. The molecule has 0 bridgehead atoms. The number of carbonyl (C=O) groups is 2. The average molecular weight is 224 g/mol. The molecule has 0 spiro atoms. The van der Waals surface area contributed by atoms with Crippen LogP contribution >= 0.6 is 0 Å². The molecule has 1 amide bonds. The minimum atomic E-state index is -1.10. The highest BCUT2D eigenvalue weighted by molar-refractivity contribution is 5.90. The van der Waals surface area contributed by atoms with E-state index >= 15 is 0 Å². The third-order valence-corrected chi connectivity index (χ3v) is 2.80. The molecule has 0 aromatic carbocycles. The van der Waals surface area contributed by atoms with Crippen molar-refractivity contribution in [1.82, 2.24) is 10.6 Å². The van der Waals surface area contributed by atoms with E-state index in [4.69, 9.17) is 11.5 Å². The summed E-state index contributed by atoms with van der Waals surface area (Å²) >= 11 is 0. The van der Waals surface area contributed by atoms with E-state index in [0.29, 0.717) is 6.42 Å². The second-order valence-corrected chi connectivity index (χ2v) is 4.13. The number of carboxylic acid groups (broad SMARTS) is 1.